The SMILES string of the molecule is COC(=O)c1cc(CNC(=O)C(NS(=O)(=O)c2ccc3c(c2)OCCCO3)C(C)C)oc1C. The first kappa shape index (κ1) is 24.6. The highest BCUT2D eigenvalue weighted by molar-refractivity contribution is 7.89. The minimum Gasteiger partial charge on any atom is -0.490 e. The summed E-state index contributed by atoms with van der Waals surface area (Å²) < 4.78 is 49.7. The van der Waals surface area contributed by atoms with Gasteiger partial charge in [-0.15, -0.1) is 0 Å². The van der Waals surface area contributed by atoms with Gasteiger partial charge in [0.1, 0.15) is 23.1 Å². The van der Waals surface area contributed by atoms with Crippen LogP contribution in [0.3, 0.4) is 0 Å². The largest absolute Gasteiger partial charge is 0.490 e. The fourth-order valence-electron chi connectivity index (χ4n) is 3.27. The van der Waals surface area contributed by atoms with E-state index >= 15 is 0 Å². The number of rotatable bonds is 8. The van der Waals surface area contributed by atoms with E-state index in [2.05, 4.69) is 14.8 Å². The van der Waals surface area contributed by atoms with Gasteiger partial charge in [0, 0.05) is 12.5 Å². The number of carbonyl (C=O) groups is 2. The highest BCUT2D eigenvalue weighted by Gasteiger charge is 2.29. The first-order valence-electron chi connectivity index (χ1n) is 10.5. The number of carbonyl (C=O) groups excluding carboxylic acids is 2. The average molecular weight is 481 g/mol. The maximum atomic E-state index is 13.0. The van der Waals surface area contributed by atoms with Gasteiger partial charge >= 0.3 is 5.97 Å². The highest BCUT2D eigenvalue weighted by Crippen LogP contribution is 2.32. The van der Waals surface area contributed by atoms with E-state index in [9.17, 15) is 18.0 Å². The first-order chi connectivity index (χ1) is 15.6. The molecule has 2 aromatic rings. The van der Waals surface area contributed by atoms with E-state index in [1.807, 2.05) is 0 Å². The zero-order valence-electron chi connectivity index (χ0n) is 19.0. The molecule has 1 unspecified atom stereocenters. The normalized spacial score (nSPS) is 14.5. The van der Waals surface area contributed by atoms with Gasteiger partial charge in [0.25, 0.3) is 0 Å². The van der Waals surface area contributed by atoms with Crippen LogP contribution in [-0.4, -0.2) is 46.7 Å². The minimum atomic E-state index is -4.03. The molecule has 0 saturated heterocycles. The van der Waals surface area contributed by atoms with Gasteiger partial charge in [-0.1, -0.05) is 13.8 Å². The van der Waals surface area contributed by atoms with Gasteiger partial charge in [-0.2, -0.15) is 4.72 Å². The minimum absolute atomic E-state index is 0.0222. The van der Waals surface area contributed by atoms with Crippen molar-refractivity contribution >= 4 is 21.9 Å². The molecule has 33 heavy (non-hydrogen) atoms. The number of aryl methyl sites for hydroxylation is 1. The molecule has 0 aliphatic carbocycles. The molecule has 1 amide bonds. The number of hydrogen-bond donors (Lipinski definition) is 2. The maximum absolute atomic E-state index is 13.0. The van der Waals surface area contributed by atoms with Gasteiger partial charge in [-0.25, -0.2) is 13.2 Å². The molecular formula is C22H28N2O8S. The standard InChI is InChI=1S/C22H28N2O8S/c1-13(2)20(21(25)23-12-15-10-17(14(3)32-15)22(26)29-4)24-33(27,28)16-6-7-18-19(11-16)31-9-5-8-30-18/h6-7,10-11,13,20,24H,5,8-9,12H2,1-4H3,(H,23,25). The Hall–Kier alpha value is -3.05. The van der Waals surface area contributed by atoms with Gasteiger partial charge in [0.05, 0.1) is 31.8 Å². The molecule has 2 heterocycles. The van der Waals surface area contributed by atoms with Gasteiger partial charge < -0.3 is 23.9 Å². The Morgan fingerprint density at radius 1 is 1.12 bits per heavy atom. The van der Waals surface area contributed by atoms with E-state index in [0.717, 1.165) is 0 Å². The molecule has 0 fully saturated rings. The molecule has 1 atom stereocenters. The topological polar surface area (TPSA) is 133 Å². The monoisotopic (exact) mass is 480 g/mol. The summed E-state index contributed by atoms with van der Waals surface area (Å²) in [6, 6.07) is 4.77. The summed E-state index contributed by atoms with van der Waals surface area (Å²) in [6.45, 7) is 5.96. The molecule has 3 rings (SSSR count). The molecule has 0 spiro atoms. The first-order valence-corrected chi connectivity index (χ1v) is 12.0. The van der Waals surface area contributed by atoms with Crippen LogP contribution in [-0.2, 0) is 26.1 Å². The highest BCUT2D eigenvalue weighted by atomic mass is 32.2. The molecule has 180 valence electrons. The third-order valence-corrected chi connectivity index (χ3v) is 6.51. The number of amides is 1. The number of benzene rings is 1. The summed E-state index contributed by atoms with van der Waals surface area (Å²) >= 11 is 0. The van der Waals surface area contributed by atoms with Crippen LogP contribution in [0, 0.1) is 12.8 Å². The lowest BCUT2D eigenvalue weighted by Crippen LogP contribution is -2.49. The van der Waals surface area contributed by atoms with Crippen LogP contribution in [0.15, 0.2) is 33.6 Å². The second-order valence-corrected chi connectivity index (χ2v) is 9.61. The van der Waals surface area contributed by atoms with E-state index in [1.165, 1.54) is 31.4 Å². The van der Waals surface area contributed by atoms with Crippen molar-refractivity contribution in [2.45, 2.75) is 44.7 Å². The summed E-state index contributed by atoms with van der Waals surface area (Å²) in [4.78, 5) is 24.5. The van der Waals surface area contributed by atoms with Crippen molar-refractivity contribution in [2.75, 3.05) is 20.3 Å². The third-order valence-electron chi connectivity index (χ3n) is 5.07. The summed E-state index contributed by atoms with van der Waals surface area (Å²) in [5.41, 5.74) is 0.261. The van der Waals surface area contributed by atoms with Crippen LogP contribution >= 0.6 is 0 Å². The Bertz CT molecular complexity index is 1120. The number of fused-ring (bicyclic) bond motifs is 1. The van der Waals surface area contributed by atoms with Crippen LogP contribution in [0.25, 0.3) is 0 Å². The Balaban J connectivity index is 1.71. The van der Waals surface area contributed by atoms with Crippen LogP contribution in [0.5, 0.6) is 11.5 Å². The molecular weight excluding hydrogens is 452 g/mol. The van der Waals surface area contributed by atoms with E-state index in [0.29, 0.717) is 42.7 Å². The fourth-order valence-corrected chi connectivity index (χ4v) is 4.62. The molecule has 0 radical (unpaired) electrons. The second kappa shape index (κ2) is 10.3. The molecule has 11 heteroatoms. The Morgan fingerprint density at radius 3 is 2.48 bits per heavy atom. The van der Waals surface area contributed by atoms with Crippen LogP contribution < -0.4 is 19.5 Å². The Kier molecular flexibility index (Phi) is 7.65. The van der Waals surface area contributed by atoms with E-state index in [1.54, 1.807) is 20.8 Å². The molecule has 10 nitrogen and oxygen atoms in total. The number of esters is 1. The van der Waals surface area contributed by atoms with Gasteiger partial charge in [0.2, 0.25) is 15.9 Å². The predicted molar refractivity (Wildman–Crippen MR) is 118 cm³/mol. The number of furan rings is 1. The third kappa shape index (κ3) is 5.85. The predicted octanol–water partition coefficient (Wildman–Crippen LogP) is 2.16. The Morgan fingerprint density at radius 2 is 1.82 bits per heavy atom. The molecule has 1 aliphatic heterocycles. The smallest absolute Gasteiger partial charge is 0.341 e. The molecule has 0 bridgehead atoms. The Labute approximate surface area is 192 Å². The molecule has 0 saturated carbocycles. The molecule has 2 N–H and O–H groups in total. The van der Waals surface area contributed by atoms with Crippen molar-refractivity contribution in [3.63, 3.8) is 0 Å². The molecule has 1 aromatic heterocycles. The van der Waals surface area contributed by atoms with Crippen LogP contribution in [0.4, 0.5) is 0 Å². The number of sulfonamides is 1. The number of nitrogens with one attached hydrogen (secondary N) is 2. The molecule has 1 aromatic carbocycles. The van der Waals surface area contributed by atoms with Crippen LogP contribution in [0.2, 0.25) is 0 Å². The lowest BCUT2D eigenvalue weighted by molar-refractivity contribution is -0.123. The lowest BCUT2D eigenvalue weighted by atomic mass is 10.1. The van der Waals surface area contributed by atoms with Crippen molar-refractivity contribution in [3.05, 3.63) is 41.3 Å². The zero-order chi connectivity index (χ0) is 24.2. The molecule has 1 aliphatic rings. The number of ether oxygens (including phenoxy) is 3. The van der Waals surface area contributed by atoms with E-state index in [-0.39, 0.29) is 22.9 Å². The lowest BCUT2D eigenvalue weighted by Gasteiger charge is -2.21. The van der Waals surface area contributed by atoms with E-state index < -0.39 is 27.9 Å². The number of hydrogen-bond acceptors (Lipinski definition) is 8. The van der Waals surface area contributed by atoms with Crippen molar-refractivity contribution in [2.24, 2.45) is 5.92 Å². The maximum Gasteiger partial charge on any atom is 0.341 e. The average Bonchev–Trinajstić information content (AvgIpc) is 2.99. The van der Waals surface area contributed by atoms with Crippen molar-refractivity contribution < 1.29 is 36.6 Å². The summed E-state index contributed by atoms with van der Waals surface area (Å²) in [5.74, 6) is 0.105. The zero-order valence-corrected chi connectivity index (χ0v) is 19.8. The van der Waals surface area contributed by atoms with Gasteiger partial charge in [-0.05, 0) is 31.0 Å². The quantitative estimate of drug-likeness (QED) is 0.549. The summed E-state index contributed by atoms with van der Waals surface area (Å²) in [7, 11) is -2.76. The van der Waals surface area contributed by atoms with Crippen molar-refractivity contribution in [1.82, 2.24) is 10.0 Å². The fraction of sp³-hybridized carbons (Fsp3) is 0.455. The second-order valence-electron chi connectivity index (χ2n) is 7.89. The van der Waals surface area contributed by atoms with Gasteiger partial charge in [0.15, 0.2) is 11.5 Å². The van der Waals surface area contributed by atoms with Crippen molar-refractivity contribution in [1.29, 1.82) is 0 Å². The van der Waals surface area contributed by atoms with Crippen LogP contribution in [0.1, 0.15) is 42.1 Å². The van der Waals surface area contributed by atoms with Gasteiger partial charge in [-0.3, -0.25) is 4.79 Å². The summed E-state index contributed by atoms with van der Waals surface area (Å²) in [5, 5.41) is 2.65. The van der Waals surface area contributed by atoms with Crippen molar-refractivity contribution in [3.8, 4) is 11.5 Å². The summed E-state index contributed by atoms with van der Waals surface area (Å²) in [6.07, 6.45) is 0.695. The number of methoxy groups -OCH3 is 1. The van der Waals surface area contributed by atoms with E-state index in [4.69, 9.17) is 13.9 Å².